The Morgan fingerprint density at radius 2 is 1.29 bits per heavy atom. The maximum absolute atomic E-state index is 12.0. The second-order valence-corrected chi connectivity index (χ2v) is 5.59. The van der Waals surface area contributed by atoms with Gasteiger partial charge in [-0.15, -0.1) is 0 Å². The Kier molecular flexibility index (Phi) is 7.33. The van der Waals surface area contributed by atoms with Gasteiger partial charge >= 0.3 is 11.9 Å². The van der Waals surface area contributed by atoms with E-state index in [2.05, 4.69) is 6.58 Å². The van der Waals surface area contributed by atoms with Gasteiger partial charge in [0.15, 0.2) is 23.0 Å². The summed E-state index contributed by atoms with van der Waals surface area (Å²) in [6.45, 7) is 3.66. The lowest BCUT2D eigenvalue weighted by atomic mass is 10.2. The Hall–Kier alpha value is -3.61. The maximum atomic E-state index is 12.0. The number of carbonyl (C=O) groups is 3. The van der Waals surface area contributed by atoms with Crippen LogP contribution < -0.4 is 18.9 Å². The van der Waals surface area contributed by atoms with Gasteiger partial charge in [0.25, 0.3) is 0 Å². The first-order chi connectivity index (χ1) is 13.5. The molecule has 0 radical (unpaired) electrons. The lowest BCUT2D eigenvalue weighted by Gasteiger charge is -2.11. The second-order valence-electron chi connectivity index (χ2n) is 5.59. The quantitative estimate of drug-likeness (QED) is 0.372. The molecule has 2 aromatic rings. The lowest BCUT2D eigenvalue weighted by Crippen LogP contribution is -2.14. The molecule has 146 valence electrons. The van der Waals surface area contributed by atoms with Gasteiger partial charge in [-0.1, -0.05) is 18.7 Å². The SMILES string of the molecule is C=Cc1ccc(OC(=O)CCC(=O)Oc2ccc(C=O)cc2OC)c(OC)c1. The van der Waals surface area contributed by atoms with Gasteiger partial charge in [0.05, 0.1) is 27.1 Å². The van der Waals surface area contributed by atoms with E-state index in [9.17, 15) is 14.4 Å². The molecule has 7 nitrogen and oxygen atoms in total. The van der Waals surface area contributed by atoms with Gasteiger partial charge in [-0.05, 0) is 35.9 Å². The predicted octanol–water partition coefficient (Wildman–Crippen LogP) is 3.45. The van der Waals surface area contributed by atoms with Gasteiger partial charge in [0.1, 0.15) is 6.29 Å². The fraction of sp³-hybridized carbons (Fsp3) is 0.190. The molecule has 0 saturated heterocycles. The molecule has 0 N–H and O–H groups in total. The number of hydrogen-bond acceptors (Lipinski definition) is 7. The normalized spacial score (nSPS) is 9.93. The van der Waals surface area contributed by atoms with Crippen LogP contribution in [0.4, 0.5) is 0 Å². The molecule has 0 aliphatic rings. The van der Waals surface area contributed by atoms with Crippen molar-refractivity contribution in [2.45, 2.75) is 12.8 Å². The van der Waals surface area contributed by atoms with Crippen molar-refractivity contribution in [1.82, 2.24) is 0 Å². The molecule has 0 spiro atoms. The van der Waals surface area contributed by atoms with Crippen LogP contribution in [0.3, 0.4) is 0 Å². The molecule has 0 aliphatic carbocycles. The highest BCUT2D eigenvalue weighted by molar-refractivity contribution is 5.81. The molecule has 7 heteroatoms. The van der Waals surface area contributed by atoms with Crippen molar-refractivity contribution < 1.29 is 33.3 Å². The van der Waals surface area contributed by atoms with Crippen molar-refractivity contribution in [2.75, 3.05) is 14.2 Å². The van der Waals surface area contributed by atoms with Crippen molar-refractivity contribution in [3.05, 3.63) is 54.1 Å². The van der Waals surface area contributed by atoms with Gasteiger partial charge in [0.2, 0.25) is 0 Å². The van der Waals surface area contributed by atoms with Crippen LogP contribution in [0.1, 0.15) is 28.8 Å². The van der Waals surface area contributed by atoms with E-state index in [1.807, 2.05) is 0 Å². The van der Waals surface area contributed by atoms with E-state index in [1.165, 1.54) is 32.4 Å². The summed E-state index contributed by atoms with van der Waals surface area (Å²) in [5.74, 6) is -0.209. The third kappa shape index (κ3) is 5.44. The molecule has 0 fully saturated rings. The van der Waals surface area contributed by atoms with E-state index in [0.717, 1.165) is 5.56 Å². The van der Waals surface area contributed by atoms with E-state index in [4.69, 9.17) is 18.9 Å². The number of ether oxygens (including phenoxy) is 4. The standard InChI is InChI=1S/C21H20O7/c1-4-14-5-7-16(18(11-14)25-2)27-20(23)9-10-21(24)28-17-8-6-15(13-22)12-19(17)26-3/h4-8,11-13H,1,9-10H2,2-3H3. The zero-order chi connectivity index (χ0) is 20.5. The van der Waals surface area contributed by atoms with Gasteiger partial charge in [-0.2, -0.15) is 0 Å². The number of hydrogen-bond donors (Lipinski definition) is 0. The minimum atomic E-state index is -0.636. The number of rotatable bonds is 9. The molecule has 0 amide bonds. The molecule has 0 unspecified atom stereocenters. The molecular weight excluding hydrogens is 364 g/mol. The topological polar surface area (TPSA) is 88.1 Å². The van der Waals surface area contributed by atoms with Crippen LogP contribution >= 0.6 is 0 Å². The molecule has 0 aromatic heterocycles. The Morgan fingerprint density at radius 3 is 1.71 bits per heavy atom. The number of esters is 2. The summed E-state index contributed by atoms with van der Waals surface area (Å²) in [6.07, 6.45) is 1.92. The van der Waals surface area contributed by atoms with Crippen LogP contribution in [0.5, 0.6) is 23.0 Å². The number of benzene rings is 2. The first-order valence-electron chi connectivity index (χ1n) is 8.35. The number of methoxy groups -OCH3 is 2. The summed E-state index contributed by atoms with van der Waals surface area (Å²) in [7, 11) is 2.85. The van der Waals surface area contributed by atoms with Gasteiger partial charge in [-0.3, -0.25) is 14.4 Å². The van der Waals surface area contributed by atoms with Crippen molar-refractivity contribution >= 4 is 24.3 Å². The molecule has 0 atom stereocenters. The first-order valence-corrected chi connectivity index (χ1v) is 8.35. The van der Waals surface area contributed by atoms with E-state index in [-0.39, 0.29) is 30.1 Å². The highest BCUT2D eigenvalue weighted by Crippen LogP contribution is 2.29. The first kappa shape index (κ1) is 20.7. The molecule has 0 bridgehead atoms. The zero-order valence-corrected chi connectivity index (χ0v) is 15.6. The van der Waals surface area contributed by atoms with Gasteiger partial charge < -0.3 is 18.9 Å². The summed E-state index contributed by atoms with van der Waals surface area (Å²) in [5.41, 5.74) is 1.20. The lowest BCUT2D eigenvalue weighted by molar-refractivity contribution is -0.140. The number of aldehydes is 1. The van der Waals surface area contributed by atoms with Crippen LogP contribution in [0.25, 0.3) is 6.08 Å². The predicted molar refractivity (Wildman–Crippen MR) is 102 cm³/mol. The molecular formula is C21H20O7. The van der Waals surface area contributed by atoms with Crippen LogP contribution in [-0.4, -0.2) is 32.4 Å². The van der Waals surface area contributed by atoms with Gasteiger partial charge in [-0.25, -0.2) is 0 Å². The number of carbonyl (C=O) groups excluding carboxylic acids is 3. The summed E-state index contributed by atoms with van der Waals surface area (Å²) < 4.78 is 20.7. The van der Waals surface area contributed by atoms with Crippen LogP contribution in [-0.2, 0) is 9.59 Å². The van der Waals surface area contributed by atoms with E-state index in [0.29, 0.717) is 17.6 Å². The fourth-order valence-corrected chi connectivity index (χ4v) is 2.29. The average Bonchev–Trinajstić information content (AvgIpc) is 2.72. The third-order valence-electron chi connectivity index (χ3n) is 3.73. The summed E-state index contributed by atoms with van der Waals surface area (Å²) >= 11 is 0. The summed E-state index contributed by atoms with van der Waals surface area (Å²) in [6, 6.07) is 9.38. The Bertz CT molecular complexity index is 813. The van der Waals surface area contributed by atoms with E-state index >= 15 is 0 Å². The van der Waals surface area contributed by atoms with E-state index in [1.54, 1.807) is 24.3 Å². The van der Waals surface area contributed by atoms with Gasteiger partial charge in [0, 0.05) is 5.56 Å². The largest absolute Gasteiger partial charge is 0.493 e. The minimum Gasteiger partial charge on any atom is -0.493 e. The fourth-order valence-electron chi connectivity index (χ4n) is 2.29. The summed E-state index contributed by atoms with van der Waals surface area (Å²) in [5, 5.41) is 0. The monoisotopic (exact) mass is 384 g/mol. The Balaban J connectivity index is 1.93. The third-order valence-corrected chi connectivity index (χ3v) is 3.73. The zero-order valence-electron chi connectivity index (χ0n) is 15.6. The van der Waals surface area contributed by atoms with Crippen LogP contribution in [0.15, 0.2) is 43.0 Å². The van der Waals surface area contributed by atoms with Crippen molar-refractivity contribution in [2.24, 2.45) is 0 Å². The average molecular weight is 384 g/mol. The molecule has 28 heavy (non-hydrogen) atoms. The van der Waals surface area contributed by atoms with Crippen LogP contribution in [0.2, 0.25) is 0 Å². The Morgan fingerprint density at radius 1 is 0.821 bits per heavy atom. The van der Waals surface area contributed by atoms with Crippen molar-refractivity contribution in [1.29, 1.82) is 0 Å². The maximum Gasteiger partial charge on any atom is 0.311 e. The molecule has 2 aromatic carbocycles. The smallest absolute Gasteiger partial charge is 0.311 e. The summed E-state index contributed by atoms with van der Waals surface area (Å²) in [4.78, 5) is 34.8. The molecule has 2 rings (SSSR count). The highest BCUT2D eigenvalue weighted by atomic mass is 16.6. The molecule has 0 saturated carbocycles. The minimum absolute atomic E-state index is 0.160. The Labute approximate surface area is 162 Å². The highest BCUT2D eigenvalue weighted by Gasteiger charge is 2.15. The molecule has 0 heterocycles. The van der Waals surface area contributed by atoms with E-state index < -0.39 is 11.9 Å². The van der Waals surface area contributed by atoms with Crippen molar-refractivity contribution in [3.63, 3.8) is 0 Å². The second kappa shape index (κ2) is 9.91. The van der Waals surface area contributed by atoms with Crippen molar-refractivity contribution in [3.8, 4) is 23.0 Å². The molecule has 0 aliphatic heterocycles. The van der Waals surface area contributed by atoms with Crippen LogP contribution in [0, 0.1) is 0 Å².